The Morgan fingerprint density at radius 1 is 1.29 bits per heavy atom. The summed E-state index contributed by atoms with van der Waals surface area (Å²) in [4.78, 5) is 22.3. The Morgan fingerprint density at radius 2 is 2.10 bits per heavy atom. The average Bonchev–Trinajstić information content (AvgIpc) is 2.99. The zero-order valence-corrected chi connectivity index (χ0v) is 12.9. The molecule has 0 radical (unpaired) electrons. The molecule has 0 aliphatic rings. The van der Waals surface area contributed by atoms with Gasteiger partial charge in [0, 0.05) is 0 Å². The van der Waals surface area contributed by atoms with Crippen molar-refractivity contribution in [3.63, 3.8) is 0 Å². The Bertz CT molecular complexity index is 795. The highest BCUT2D eigenvalue weighted by Crippen LogP contribution is 2.10. The third-order valence-corrected chi connectivity index (χ3v) is 4.69. The van der Waals surface area contributed by atoms with Gasteiger partial charge in [0.25, 0.3) is 5.56 Å². The maximum atomic E-state index is 12.1. The summed E-state index contributed by atoms with van der Waals surface area (Å²) >= 11 is 1.76. The van der Waals surface area contributed by atoms with Crippen molar-refractivity contribution in [3.8, 4) is 0 Å². The van der Waals surface area contributed by atoms with Gasteiger partial charge < -0.3 is 9.88 Å². The van der Waals surface area contributed by atoms with E-state index in [1.807, 2.05) is 18.2 Å². The molecule has 0 aliphatic carbocycles. The van der Waals surface area contributed by atoms with Crippen LogP contribution in [0.1, 0.15) is 23.7 Å². The van der Waals surface area contributed by atoms with Crippen LogP contribution in [0.3, 0.4) is 0 Å². The zero-order valence-electron chi connectivity index (χ0n) is 12.1. The first-order valence-corrected chi connectivity index (χ1v) is 7.87. The van der Waals surface area contributed by atoms with Gasteiger partial charge in [-0.1, -0.05) is 18.2 Å². The van der Waals surface area contributed by atoms with Gasteiger partial charge in [-0.05, 0) is 30.5 Å². The van der Waals surface area contributed by atoms with E-state index in [0.717, 1.165) is 17.9 Å². The molecule has 4 nitrogen and oxygen atoms in total. The maximum Gasteiger partial charge on any atom is 0.258 e. The number of rotatable bonds is 4. The summed E-state index contributed by atoms with van der Waals surface area (Å²) in [7, 11) is 2.12. The van der Waals surface area contributed by atoms with Gasteiger partial charge in [-0.25, -0.2) is 4.98 Å². The number of quaternary nitrogens is 1. The Balaban J connectivity index is 1.90. The van der Waals surface area contributed by atoms with Gasteiger partial charge in [-0.15, -0.1) is 11.3 Å². The predicted octanol–water partition coefficient (Wildman–Crippen LogP) is 1.76. The second-order valence-corrected chi connectivity index (χ2v) is 6.32. The molecule has 21 heavy (non-hydrogen) atoms. The molecular formula is C16H18N3OS+. The fourth-order valence-electron chi connectivity index (χ4n) is 2.38. The molecule has 0 saturated carbocycles. The first-order valence-electron chi connectivity index (χ1n) is 6.99. The van der Waals surface area contributed by atoms with E-state index >= 15 is 0 Å². The van der Waals surface area contributed by atoms with Crippen LogP contribution < -0.4 is 10.5 Å². The summed E-state index contributed by atoms with van der Waals surface area (Å²) in [5.41, 5.74) is 0.693. The highest BCUT2D eigenvalue weighted by molar-refractivity contribution is 7.09. The summed E-state index contributed by atoms with van der Waals surface area (Å²) in [6.07, 6.45) is 0. The van der Waals surface area contributed by atoms with Crippen LogP contribution in [-0.4, -0.2) is 17.0 Å². The van der Waals surface area contributed by atoms with Crippen molar-refractivity contribution in [2.75, 3.05) is 7.05 Å². The van der Waals surface area contributed by atoms with E-state index in [2.05, 4.69) is 41.5 Å². The number of nitrogens with one attached hydrogen (secondary N) is 2. The van der Waals surface area contributed by atoms with Crippen LogP contribution in [0.5, 0.6) is 0 Å². The van der Waals surface area contributed by atoms with E-state index in [4.69, 9.17) is 0 Å². The molecule has 0 amide bonds. The Morgan fingerprint density at radius 3 is 2.86 bits per heavy atom. The molecular weight excluding hydrogens is 282 g/mol. The number of thiophene rings is 1. The molecule has 1 aromatic carbocycles. The summed E-state index contributed by atoms with van der Waals surface area (Å²) in [6, 6.07) is 11.8. The molecule has 0 fully saturated rings. The third-order valence-electron chi connectivity index (χ3n) is 3.81. The molecule has 3 rings (SSSR count). The van der Waals surface area contributed by atoms with Crippen molar-refractivity contribution in [3.05, 3.63) is 62.8 Å². The van der Waals surface area contributed by atoms with Crippen molar-refractivity contribution in [1.29, 1.82) is 0 Å². The molecule has 0 bridgehead atoms. The highest BCUT2D eigenvalue weighted by atomic mass is 32.1. The summed E-state index contributed by atoms with van der Waals surface area (Å²) in [5.74, 6) is 0.743. The van der Waals surface area contributed by atoms with Crippen LogP contribution in [0.15, 0.2) is 46.6 Å². The van der Waals surface area contributed by atoms with Gasteiger partial charge in [-0.3, -0.25) is 4.79 Å². The van der Waals surface area contributed by atoms with Crippen molar-refractivity contribution < 1.29 is 4.90 Å². The molecule has 2 heterocycles. The standard InChI is InChI=1S/C16H17N3OS/c1-11(19(2)10-12-6-5-9-21-12)15-17-14-8-4-3-7-13(14)16(20)18-15/h3-9,11H,10H2,1-2H3,(H,17,18,20)/p+1/t11-/m0/s1. The largest absolute Gasteiger partial charge is 0.324 e. The Kier molecular flexibility index (Phi) is 3.86. The fourth-order valence-corrected chi connectivity index (χ4v) is 3.18. The minimum absolute atomic E-state index is 0.0635. The maximum absolute atomic E-state index is 12.1. The van der Waals surface area contributed by atoms with Crippen LogP contribution in [0.25, 0.3) is 10.9 Å². The number of hydrogen-bond donors (Lipinski definition) is 2. The van der Waals surface area contributed by atoms with E-state index in [0.29, 0.717) is 5.39 Å². The number of para-hydroxylation sites is 1. The Hall–Kier alpha value is -1.98. The van der Waals surface area contributed by atoms with Gasteiger partial charge in [0.15, 0.2) is 5.82 Å². The normalized spacial score (nSPS) is 14.2. The predicted molar refractivity (Wildman–Crippen MR) is 85.7 cm³/mol. The summed E-state index contributed by atoms with van der Waals surface area (Å²) in [6.45, 7) is 3.02. The van der Waals surface area contributed by atoms with Gasteiger partial charge in [0.05, 0.1) is 22.8 Å². The second kappa shape index (κ2) is 5.79. The fraction of sp³-hybridized carbons (Fsp3) is 0.250. The van der Waals surface area contributed by atoms with Crippen LogP contribution in [0, 0.1) is 0 Å². The molecule has 3 aromatic rings. The lowest BCUT2D eigenvalue weighted by Gasteiger charge is -2.20. The number of aromatic nitrogens is 2. The van der Waals surface area contributed by atoms with Crippen LogP contribution in [0.4, 0.5) is 0 Å². The minimum atomic E-state index is -0.0635. The molecule has 5 heteroatoms. The molecule has 2 aromatic heterocycles. The quantitative estimate of drug-likeness (QED) is 0.771. The van der Waals surface area contributed by atoms with Crippen LogP contribution in [0.2, 0.25) is 0 Å². The van der Waals surface area contributed by atoms with E-state index in [9.17, 15) is 4.79 Å². The molecule has 2 N–H and O–H groups in total. The second-order valence-electron chi connectivity index (χ2n) is 5.29. The lowest BCUT2D eigenvalue weighted by Crippen LogP contribution is -3.07. The van der Waals surface area contributed by atoms with E-state index in [1.165, 1.54) is 9.78 Å². The van der Waals surface area contributed by atoms with Gasteiger partial charge in [-0.2, -0.15) is 0 Å². The SMILES string of the molecule is C[C@@H](c1nc2ccccc2c(=O)[nH]1)[NH+](C)Cc1cccs1. The smallest absolute Gasteiger partial charge is 0.258 e. The number of benzene rings is 1. The minimum Gasteiger partial charge on any atom is -0.324 e. The molecule has 2 atom stereocenters. The summed E-state index contributed by atoms with van der Waals surface area (Å²) in [5, 5.41) is 2.73. The molecule has 1 unspecified atom stereocenters. The Labute approximate surface area is 127 Å². The average molecular weight is 300 g/mol. The number of nitrogens with zero attached hydrogens (tertiary/aromatic N) is 1. The van der Waals surface area contributed by atoms with E-state index < -0.39 is 0 Å². The van der Waals surface area contributed by atoms with Crippen LogP contribution in [-0.2, 0) is 6.54 Å². The van der Waals surface area contributed by atoms with Crippen molar-refractivity contribution in [2.24, 2.45) is 0 Å². The lowest BCUT2D eigenvalue weighted by atomic mass is 10.2. The molecule has 0 saturated heterocycles. The monoisotopic (exact) mass is 300 g/mol. The van der Waals surface area contributed by atoms with E-state index in [-0.39, 0.29) is 11.6 Å². The molecule has 0 aliphatic heterocycles. The number of hydrogen-bond acceptors (Lipinski definition) is 3. The first-order chi connectivity index (χ1) is 10.1. The van der Waals surface area contributed by atoms with Crippen molar-refractivity contribution in [2.45, 2.75) is 19.5 Å². The molecule has 0 spiro atoms. The number of aromatic amines is 1. The van der Waals surface area contributed by atoms with Gasteiger partial charge in [0.2, 0.25) is 0 Å². The van der Waals surface area contributed by atoms with Gasteiger partial charge >= 0.3 is 0 Å². The third kappa shape index (κ3) is 2.89. The number of H-pyrrole nitrogens is 1. The summed E-state index contributed by atoms with van der Waals surface area (Å²) < 4.78 is 0. The number of fused-ring (bicyclic) bond motifs is 1. The van der Waals surface area contributed by atoms with Gasteiger partial charge in [0.1, 0.15) is 12.6 Å². The molecule has 108 valence electrons. The van der Waals surface area contributed by atoms with E-state index in [1.54, 1.807) is 17.4 Å². The topological polar surface area (TPSA) is 50.2 Å². The van der Waals surface area contributed by atoms with Crippen LogP contribution >= 0.6 is 11.3 Å². The lowest BCUT2D eigenvalue weighted by molar-refractivity contribution is -0.924. The zero-order chi connectivity index (χ0) is 14.8. The van der Waals surface area contributed by atoms with Crippen molar-refractivity contribution >= 4 is 22.2 Å². The first kappa shape index (κ1) is 14.0. The highest BCUT2D eigenvalue weighted by Gasteiger charge is 2.19. The van der Waals surface area contributed by atoms with Crippen molar-refractivity contribution in [1.82, 2.24) is 9.97 Å².